The second-order valence-electron chi connectivity index (χ2n) is 7.83. The smallest absolute Gasteiger partial charge is 0.237 e. The lowest BCUT2D eigenvalue weighted by Gasteiger charge is -2.37. The number of carbonyl (C=O) groups excluding carboxylic acids is 1. The number of piperidine rings is 1. The number of nitrogens with one attached hydrogen (secondary N) is 1. The summed E-state index contributed by atoms with van der Waals surface area (Å²) in [5.41, 5.74) is 1.17. The van der Waals surface area contributed by atoms with Crippen molar-refractivity contribution in [1.82, 2.24) is 20.1 Å². The van der Waals surface area contributed by atoms with Crippen molar-refractivity contribution in [2.45, 2.75) is 56.8 Å². The SMILES string of the molecule is O=C(NCC1CN2CCCC2CO1)C1CCCCN1Cc1cccnc1. The Morgan fingerprint density at radius 3 is 3.12 bits per heavy atom. The molecule has 0 aliphatic carbocycles. The summed E-state index contributed by atoms with van der Waals surface area (Å²) in [6.45, 7) is 5.34. The van der Waals surface area contributed by atoms with E-state index in [0.717, 1.165) is 45.5 Å². The third-order valence-electron chi connectivity index (χ3n) is 5.99. The maximum Gasteiger partial charge on any atom is 0.237 e. The highest BCUT2D eigenvalue weighted by molar-refractivity contribution is 5.81. The highest BCUT2D eigenvalue weighted by atomic mass is 16.5. The Labute approximate surface area is 155 Å². The molecule has 3 aliphatic heterocycles. The summed E-state index contributed by atoms with van der Waals surface area (Å²) in [5, 5.41) is 3.17. The van der Waals surface area contributed by atoms with E-state index >= 15 is 0 Å². The zero-order chi connectivity index (χ0) is 17.8. The molecule has 142 valence electrons. The maximum atomic E-state index is 12.8. The van der Waals surface area contributed by atoms with Gasteiger partial charge in [0.25, 0.3) is 0 Å². The molecule has 3 saturated heterocycles. The Morgan fingerprint density at radius 2 is 2.23 bits per heavy atom. The third kappa shape index (κ3) is 4.24. The normalized spacial score (nSPS) is 30.1. The molecule has 0 bridgehead atoms. The van der Waals surface area contributed by atoms with Crippen molar-refractivity contribution in [3.8, 4) is 0 Å². The summed E-state index contributed by atoms with van der Waals surface area (Å²) in [6, 6.07) is 4.61. The number of ether oxygens (including phenoxy) is 1. The molecule has 3 atom stereocenters. The van der Waals surface area contributed by atoms with Gasteiger partial charge in [-0.15, -0.1) is 0 Å². The molecule has 1 amide bonds. The number of carbonyl (C=O) groups is 1. The van der Waals surface area contributed by atoms with E-state index in [1.807, 2.05) is 12.3 Å². The van der Waals surface area contributed by atoms with Crippen LogP contribution in [0.1, 0.15) is 37.7 Å². The molecule has 0 spiro atoms. The molecule has 4 rings (SSSR count). The van der Waals surface area contributed by atoms with Crippen molar-refractivity contribution in [3.63, 3.8) is 0 Å². The first-order valence-electron chi connectivity index (χ1n) is 10.1. The number of fused-ring (bicyclic) bond motifs is 1. The van der Waals surface area contributed by atoms with Crippen LogP contribution in [-0.4, -0.2) is 71.7 Å². The topological polar surface area (TPSA) is 57.7 Å². The van der Waals surface area contributed by atoms with Gasteiger partial charge in [-0.1, -0.05) is 12.5 Å². The van der Waals surface area contributed by atoms with Crippen molar-refractivity contribution >= 4 is 5.91 Å². The largest absolute Gasteiger partial charge is 0.373 e. The van der Waals surface area contributed by atoms with E-state index in [1.165, 1.54) is 24.9 Å². The minimum atomic E-state index is -0.0351. The van der Waals surface area contributed by atoms with E-state index in [4.69, 9.17) is 4.74 Å². The molecule has 3 fully saturated rings. The van der Waals surface area contributed by atoms with Crippen LogP contribution in [0, 0.1) is 0 Å². The molecule has 6 heteroatoms. The van der Waals surface area contributed by atoms with Crippen molar-refractivity contribution in [2.75, 3.05) is 32.8 Å². The quantitative estimate of drug-likeness (QED) is 0.863. The number of aromatic nitrogens is 1. The fourth-order valence-corrected chi connectivity index (χ4v) is 4.54. The fraction of sp³-hybridized carbons (Fsp3) is 0.700. The molecule has 0 saturated carbocycles. The number of nitrogens with zero attached hydrogens (tertiary/aromatic N) is 3. The number of pyridine rings is 1. The molecule has 4 heterocycles. The van der Waals surface area contributed by atoms with Crippen LogP contribution >= 0.6 is 0 Å². The van der Waals surface area contributed by atoms with Crippen LogP contribution in [0.15, 0.2) is 24.5 Å². The monoisotopic (exact) mass is 358 g/mol. The predicted octanol–water partition coefficient (Wildman–Crippen LogP) is 1.42. The van der Waals surface area contributed by atoms with E-state index < -0.39 is 0 Å². The van der Waals surface area contributed by atoms with Crippen molar-refractivity contribution in [2.24, 2.45) is 0 Å². The van der Waals surface area contributed by atoms with E-state index in [9.17, 15) is 4.79 Å². The van der Waals surface area contributed by atoms with E-state index in [2.05, 4.69) is 26.2 Å². The van der Waals surface area contributed by atoms with Gasteiger partial charge in [0.1, 0.15) is 0 Å². The standard InChI is InChI=1S/C20H30N4O2/c25-20(22-12-18-14-23-10-4-6-17(23)15-26-18)19-7-1-2-9-24(19)13-16-5-3-8-21-11-16/h3,5,8,11,17-19H,1-2,4,6-7,9-10,12-15H2,(H,22,25). The summed E-state index contributed by atoms with van der Waals surface area (Å²) in [4.78, 5) is 21.9. The Bertz CT molecular complexity index is 597. The number of rotatable bonds is 5. The van der Waals surface area contributed by atoms with Gasteiger partial charge in [0.2, 0.25) is 5.91 Å². The van der Waals surface area contributed by atoms with E-state index in [1.54, 1.807) is 6.20 Å². The first-order valence-corrected chi connectivity index (χ1v) is 10.1. The highest BCUT2D eigenvalue weighted by Gasteiger charge is 2.33. The molecule has 6 nitrogen and oxygen atoms in total. The lowest BCUT2D eigenvalue weighted by atomic mass is 10.0. The molecule has 0 aromatic carbocycles. The zero-order valence-electron chi connectivity index (χ0n) is 15.5. The molecule has 0 radical (unpaired) electrons. The van der Waals surface area contributed by atoms with Crippen LogP contribution in [0.25, 0.3) is 0 Å². The second-order valence-corrected chi connectivity index (χ2v) is 7.83. The molecule has 1 aromatic rings. The summed E-state index contributed by atoms with van der Waals surface area (Å²) >= 11 is 0. The number of hydrogen-bond acceptors (Lipinski definition) is 5. The molecular weight excluding hydrogens is 328 g/mol. The lowest BCUT2D eigenvalue weighted by molar-refractivity contribution is -0.129. The minimum Gasteiger partial charge on any atom is -0.373 e. The Hall–Kier alpha value is -1.50. The molecule has 26 heavy (non-hydrogen) atoms. The predicted molar refractivity (Wildman–Crippen MR) is 99.6 cm³/mol. The van der Waals surface area contributed by atoms with Crippen LogP contribution in [0.2, 0.25) is 0 Å². The Balaban J connectivity index is 1.29. The number of hydrogen-bond donors (Lipinski definition) is 1. The summed E-state index contributed by atoms with van der Waals surface area (Å²) in [6.07, 6.45) is 9.56. The lowest BCUT2D eigenvalue weighted by Crippen LogP contribution is -2.53. The summed E-state index contributed by atoms with van der Waals surface area (Å²) in [5.74, 6) is 0.153. The second kappa shape index (κ2) is 8.46. The van der Waals surface area contributed by atoms with Gasteiger partial charge in [-0.25, -0.2) is 0 Å². The third-order valence-corrected chi connectivity index (χ3v) is 5.99. The number of morpholine rings is 1. The average molecular weight is 358 g/mol. The van der Waals surface area contributed by atoms with Crippen LogP contribution in [-0.2, 0) is 16.1 Å². The Morgan fingerprint density at radius 1 is 1.27 bits per heavy atom. The van der Waals surface area contributed by atoms with Crippen molar-refractivity contribution in [1.29, 1.82) is 0 Å². The van der Waals surface area contributed by atoms with Crippen LogP contribution in [0.5, 0.6) is 0 Å². The Kier molecular flexibility index (Phi) is 5.82. The molecule has 3 unspecified atom stereocenters. The van der Waals surface area contributed by atoms with E-state index in [-0.39, 0.29) is 18.1 Å². The molecule has 1 N–H and O–H groups in total. The highest BCUT2D eigenvalue weighted by Crippen LogP contribution is 2.23. The van der Waals surface area contributed by atoms with Gasteiger partial charge >= 0.3 is 0 Å². The first kappa shape index (κ1) is 17.9. The van der Waals surface area contributed by atoms with Gasteiger partial charge in [-0.3, -0.25) is 19.6 Å². The zero-order valence-corrected chi connectivity index (χ0v) is 15.5. The van der Waals surface area contributed by atoms with Gasteiger partial charge in [0, 0.05) is 38.1 Å². The number of likely N-dealkylation sites (tertiary alicyclic amines) is 1. The van der Waals surface area contributed by atoms with Crippen LogP contribution < -0.4 is 5.32 Å². The molecule has 1 aromatic heterocycles. The van der Waals surface area contributed by atoms with Crippen molar-refractivity contribution in [3.05, 3.63) is 30.1 Å². The summed E-state index contributed by atoms with van der Waals surface area (Å²) in [7, 11) is 0. The van der Waals surface area contributed by atoms with Gasteiger partial charge < -0.3 is 10.1 Å². The number of amides is 1. The summed E-state index contributed by atoms with van der Waals surface area (Å²) < 4.78 is 5.97. The molecule has 3 aliphatic rings. The first-order chi connectivity index (χ1) is 12.8. The van der Waals surface area contributed by atoms with Crippen LogP contribution in [0.4, 0.5) is 0 Å². The van der Waals surface area contributed by atoms with E-state index in [0.29, 0.717) is 12.6 Å². The van der Waals surface area contributed by atoms with Crippen molar-refractivity contribution < 1.29 is 9.53 Å². The van der Waals surface area contributed by atoms with Gasteiger partial charge in [0.05, 0.1) is 18.8 Å². The maximum absolute atomic E-state index is 12.8. The molecular formula is C20H30N4O2. The minimum absolute atomic E-state index is 0.0351. The fourth-order valence-electron chi connectivity index (χ4n) is 4.54. The van der Waals surface area contributed by atoms with Crippen LogP contribution in [0.3, 0.4) is 0 Å². The van der Waals surface area contributed by atoms with Gasteiger partial charge in [-0.05, 0) is 50.4 Å². The average Bonchev–Trinajstić information content (AvgIpc) is 3.15. The van der Waals surface area contributed by atoms with Gasteiger partial charge in [-0.2, -0.15) is 0 Å². The van der Waals surface area contributed by atoms with Gasteiger partial charge in [0.15, 0.2) is 0 Å².